The van der Waals surface area contributed by atoms with Gasteiger partial charge in [-0.2, -0.15) is 0 Å². The van der Waals surface area contributed by atoms with Crippen LogP contribution in [0.4, 0.5) is 5.13 Å². The molecule has 32 heavy (non-hydrogen) atoms. The van der Waals surface area contributed by atoms with E-state index in [0.29, 0.717) is 16.1 Å². The molecule has 2 aromatic carbocycles. The zero-order chi connectivity index (χ0) is 22.7. The van der Waals surface area contributed by atoms with E-state index in [9.17, 15) is 4.79 Å². The smallest absolute Gasteiger partial charge is 0.236 e. The van der Waals surface area contributed by atoms with Gasteiger partial charge in [-0.1, -0.05) is 29.5 Å². The van der Waals surface area contributed by atoms with Gasteiger partial charge < -0.3 is 10.1 Å². The predicted octanol–water partition coefficient (Wildman–Crippen LogP) is 5.26. The van der Waals surface area contributed by atoms with Crippen LogP contribution in [0.3, 0.4) is 0 Å². The van der Waals surface area contributed by atoms with E-state index < -0.39 is 0 Å². The summed E-state index contributed by atoms with van der Waals surface area (Å²) in [7, 11) is 1.63. The number of rotatable bonds is 7. The minimum atomic E-state index is -0.149. The summed E-state index contributed by atoms with van der Waals surface area (Å²) in [5, 5.41) is 13.0. The molecule has 0 aliphatic carbocycles. The number of hydrogen-bond donors (Lipinski definition) is 2. The third-order valence-electron chi connectivity index (χ3n) is 4.84. The average Bonchev–Trinajstić information content (AvgIpc) is 3.41. The molecule has 0 aliphatic heterocycles. The molecule has 0 saturated carbocycles. The van der Waals surface area contributed by atoms with Gasteiger partial charge in [-0.25, -0.2) is 9.97 Å². The van der Waals surface area contributed by atoms with E-state index in [-0.39, 0.29) is 11.7 Å². The van der Waals surface area contributed by atoms with Crippen LogP contribution in [0.15, 0.2) is 46.9 Å². The number of carbonyl (C=O) groups excluding carboxylic acids is 1. The Balaban J connectivity index is 1.36. The maximum atomic E-state index is 12.4. The Bertz CT molecular complexity index is 1220. The molecule has 0 aliphatic rings. The van der Waals surface area contributed by atoms with Crippen LogP contribution >= 0.6 is 23.1 Å². The van der Waals surface area contributed by atoms with E-state index in [1.807, 2.05) is 29.6 Å². The molecule has 2 N–H and O–H groups in total. The molecule has 0 saturated heterocycles. The van der Waals surface area contributed by atoms with Crippen molar-refractivity contribution in [2.24, 2.45) is 0 Å². The van der Waals surface area contributed by atoms with Crippen LogP contribution < -0.4 is 10.1 Å². The maximum Gasteiger partial charge on any atom is 0.236 e. The van der Waals surface area contributed by atoms with Gasteiger partial charge in [0.15, 0.2) is 11.0 Å². The number of benzene rings is 2. The molecular formula is C23H23N5O2S2. The summed E-state index contributed by atoms with van der Waals surface area (Å²) < 4.78 is 5.17. The van der Waals surface area contributed by atoms with Crippen LogP contribution in [0, 0.1) is 20.8 Å². The minimum absolute atomic E-state index is 0.149. The highest BCUT2D eigenvalue weighted by molar-refractivity contribution is 7.99. The largest absolute Gasteiger partial charge is 0.497 e. The first-order valence-corrected chi connectivity index (χ1v) is 11.8. The van der Waals surface area contributed by atoms with Crippen molar-refractivity contribution in [3.8, 4) is 28.4 Å². The summed E-state index contributed by atoms with van der Waals surface area (Å²) in [6.07, 6.45) is 0. The molecular weight excluding hydrogens is 442 g/mol. The molecule has 2 aromatic heterocycles. The van der Waals surface area contributed by atoms with Crippen molar-refractivity contribution in [3.63, 3.8) is 0 Å². The molecule has 0 radical (unpaired) electrons. The predicted molar refractivity (Wildman–Crippen MR) is 129 cm³/mol. The van der Waals surface area contributed by atoms with Crippen LogP contribution in [0.25, 0.3) is 22.6 Å². The Morgan fingerprint density at radius 1 is 1.12 bits per heavy atom. The number of aryl methyl sites for hydroxylation is 3. The van der Waals surface area contributed by atoms with E-state index in [1.54, 1.807) is 7.11 Å². The number of aromatic nitrogens is 4. The number of nitrogens with one attached hydrogen (secondary N) is 2. The van der Waals surface area contributed by atoms with Gasteiger partial charge in [0, 0.05) is 16.5 Å². The van der Waals surface area contributed by atoms with Gasteiger partial charge in [0.2, 0.25) is 11.1 Å². The van der Waals surface area contributed by atoms with Gasteiger partial charge in [-0.3, -0.25) is 9.89 Å². The van der Waals surface area contributed by atoms with Crippen molar-refractivity contribution in [2.75, 3.05) is 18.2 Å². The number of amides is 1. The lowest BCUT2D eigenvalue weighted by atomic mass is 9.98. The fourth-order valence-electron chi connectivity index (χ4n) is 3.50. The van der Waals surface area contributed by atoms with Crippen molar-refractivity contribution in [1.82, 2.24) is 20.2 Å². The molecule has 0 atom stereocenters. The van der Waals surface area contributed by atoms with Crippen molar-refractivity contribution >= 4 is 34.1 Å². The number of thioether (sulfide) groups is 1. The monoisotopic (exact) mass is 465 g/mol. The summed E-state index contributed by atoms with van der Waals surface area (Å²) in [4.78, 5) is 21.5. The highest BCUT2D eigenvalue weighted by Crippen LogP contribution is 2.31. The van der Waals surface area contributed by atoms with Crippen LogP contribution in [0.2, 0.25) is 0 Å². The van der Waals surface area contributed by atoms with Crippen LogP contribution in [-0.4, -0.2) is 38.9 Å². The lowest BCUT2D eigenvalue weighted by Crippen LogP contribution is -2.13. The summed E-state index contributed by atoms with van der Waals surface area (Å²) in [5.74, 6) is 1.46. The first kappa shape index (κ1) is 22.0. The van der Waals surface area contributed by atoms with Crippen molar-refractivity contribution in [3.05, 3.63) is 58.5 Å². The van der Waals surface area contributed by atoms with Crippen molar-refractivity contribution in [1.29, 1.82) is 0 Å². The van der Waals surface area contributed by atoms with Gasteiger partial charge in [0.05, 0.1) is 18.6 Å². The topological polar surface area (TPSA) is 92.8 Å². The fraction of sp³-hybridized carbons (Fsp3) is 0.217. The van der Waals surface area contributed by atoms with Gasteiger partial charge in [0.25, 0.3) is 0 Å². The highest BCUT2D eigenvalue weighted by Gasteiger charge is 2.14. The molecule has 0 bridgehead atoms. The van der Waals surface area contributed by atoms with Crippen LogP contribution in [0.5, 0.6) is 5.75 Å². The van der Waals surface area contributed by atoms with E-state index in [0.717, 1.165) is 22.6 Å². The van der Waals surface area contributed by atoms with Crippen molar-refractivity contribution < 1.29 is 9.53 Å². The second kappa shape index (κ2) is 9.54. The van der Waals surface area contributed by atoms with Gasteiger partial charge in [-0.15, -0.1) is 16.4 Å². The molecule has 0 spiro atoms. The summed E-state index contributed by atoms with van der Waals surface area (Å²) in [6.45, 7) is 6.25. The quantitative estimate of drug-likeness (QED) is 0.362. The maximum absolute atomic E-state index is 12.4. The third-order valence-corrected chi connectivity index (χ3v) is 6.45. The zero-order valence-corrected chi connectivity index (χ0v) is 19.9. The number of thiazole rings is 1. The highest BCUT2D eigenvalue weighted by atomic mass is 32.2. The standard InChI is InChI=1S/C23H23N5O2S2/c1-13-9-14(2)20(15(3)10-13)18-11-31-22(24-18)25-19(29)12-32-23-26-21(27-28-23)16-5-7-17(30-4)8-6-16/h5-11H,12H2,1-4H3,(H,24,25,29)(H,26,27,28). The Kier molecular flexibility index (Phi) is 6.57. The Labute approximate surface area is 194 Å². The minimum Gasteiger partial charge on any atom is -0.497 e. The zero-order valence-electron chi connectivity index (χ0n) is 18.2. The number of carbonyl (C=O) groups is 1. The van der Waals surface area contributed by atoms with Crippen molar-refractivity contribution in [2.45, 2.75) is 25.9 Å². The number of aromatic amines is 1. The number of anilines is 1. The molecule has 4 rings (SSSR count). The second-order valence-electron chi connectivity index (χ2n) is 7.34. The lowest BCUT2D eigenvalue weighted by molar-refractivity contribution is -0.113. The molecule has 4 aromatic rings. The number of H-pyrrole nitrogens is 1. The molecule has 9 heteroatoms. The van der Waals surface area contributed by atoms with Gasteiger partial charge in [-0.05, 0) is 56.2 Å². The average molecular weight is 466 g/mol. The second-order valence-corrected chi connectivity index (χ2v) is 9.14. The molecule has 0 fully saturated rings. The van der Waals surface area contributed by atoms with Gasteiger partial charge >= 0.3 is 0 Å². The Morgan fingerprint density at radius 2 is 1.84 bits per heavy atom. The molecule has 7 nitrogen and oxygen atoms in total. The number of ether oxygens (including phenoxy) is 1. The van der Waals surface area contributed by atoms with Crippen LogP contribution in [-0.2, 0) is 4.79 Å². The summed E-state index contributed by atoms with van der Waals surface area (Å²) >= 11 is 2.69. The summed E-state index contributed by atoms with van der Waals surface area (Å²) in [6, 6.07) is 11.8. The van der Waals surface area contributed by atoms with E-state index >= 15 is 0 Å². The SMILES string of the molecule is COc1ccc(-c2nc(SCC(=O)Nc3nc(-c4c(C)cc(C)cc4C)cs3)n[nH]2)cc1. The number of hydrogen-bond acceptors (Lipinski definition) is 7. The number of methoxy groups -OCH3 is 1. The lowest BCUT2D eigenvalue weighted by Gasteiger charge is -2.08. The summed E-state index contributed by atoms with van der Waals surface area (Å²) in [5.41, 5.74) is 6.48. The number of nitrogens with zero attached hydrogens (tertiary/aromatic N) is 3. The Morgan fingerprint density at radius 3 is 2.53 bits per heavy atom. The molecule has 2 heterocycles. The van der Waals surface area contributed by atoms with Gasteiger partial charge in [0.1, 0.15) is 5.75 Å². The molecule has 1 amide bonds. The molecule has 164 valence electrons. The van der Waals surface area contributed by atoms with Crippen LogP contribution in [0.1, 0.15) is 16.7 Å². The normalized spacial score (nSPS) is 10.9. The first-order valence-electron chi connectivity index (χ1n) is 9.96. The first-order chi connectivity index (χ1) is 15.4. The molecule has 0 unspecified atom stereocenters. The van der Waals surface area contributed by atoms with E-state index in [4.69, 9.17) is 4.74 Å². The van der Waals surface area contributed by atoms with E-state index in [2.05, 4.69) is 58.4 Å². The third kappa shape index (κ3) is 5.00. The fourth-order valence-corrected chi connectivity index (χ4v) is 4.82. The Hall–Kier alpha value is -3.17. The van der Waals surface area contributed by atoms with E-state index in [1.165, 1.54) is 39.8 Å².